The second-order valence-electron chi connectivity index (χ2n) is 5.12. The number of hydrogen-bond acceptors (Lipinski definition) is 1. The summed E-state index contributed by atoms with van der Waals surface area (Å²) in [5.74, 6) is 0.383. The molecule has 2 aromatic carbocycles. The molecule has 1 nitrogen and oxygen atoms in total. The van der Waals surface area contributed by atoms with Crippen LogP contribution >= 0.6 is 15.9 Å². The average molecular weight is 318 g/mol. The van der Waals surface area contributed by atoms with Gasteiger partial charge in [0.15, 0.2) is 0 Å². The van der Waals surface area contributed by atoms with Crippen LogP contribution in [-0.2, 0) is 6.42 Å². The summed E-state index contributed by atoms with van der Waals surface area (Å²) in [6, 6.07) is 15.1. The van der Waals surface area contributed by atoms with Crippen molar-refractivity contribution in [3.05, 3.63) is 69.2 Å². The Bertz CT molecular complexity index is 546. The lowest BCUT2D eigenvalue weighted by atomic mass is 9.90. The predicted molar refractivity (Wildman–Crippen MR) is 85.6 cm³/mol. The summed E-state index contributed by atoms with van der Waals surface area (Å²) in [7, 11) is 0. The lowest BCUT2D eigenvalue weighted by Crippen LogP contribution is -2.15. The summed E-state index contributed by atoms with van der Waals surface area (Å²) >= 11 is 3.47. The number of halogens is 1. The molecule has 0 saturated heterocycles. The molecule has 2 heteroatoms. The number of aryl methyl sites for hydroxylation is 2. The molecule has 1 unspecified atom stereocenters. The maximum Gasteiger partial charge on any atom is 0.0175 e. The summed E-state index contributed by atoms with van der Waals surface area (Å²) in [5, 5.41) is 0. The molecule has 0 saturated carbocycles. The van der Waals surface area contributed by atoms with Crippen LogP contribution < -0.4 is 5.73 Å². The van der Waals surface area contributed by atoms with E-state index in [1.165, 1.54) is 22.3 Å². The maximum absolute atomic E-state index is 5.97. The molecule has 2 aromatic rings. The number of rotatable bonds is 4. The van der Waals surface area contributed by atoms with E-state index in [1.807, 2.05) is 0 Å². The van der Waals surface area contributed by atoms with E-state index in [1.54, 1.807) is 0 Å². The van der Waals surface area contributed by atoms with Crippen LogP contribution in [0.25, 0.3) is 0 Å². The molecule has 2 rings (SSSR count). The van der Waals surface area contributed by atoms with E-state index in [-0.39, 0.29) is 0 Å². The minimum Gasteiger partial charge on any atom is -0.330 e. The fourth-order valence-electron chi connectivity index (χ4n) is 2.36. The molecule has 2 N–H and O–H groups in total. The molecule has 1 atom stereocenters. The van der Waals surface area contributed by atoms with Gasteiger partial charge in [0.1, 0.15) is 0 Å². The maximum atomic E-state index is 5.97. The molecule has 0 amide bonds. The van der Waals surface area contributed by atoms with Crippen LogP contribution in [0.2, 0.25) is 0 Å². The van der Waals surface area contributed by atoms with Crippen molar-refractivity contribution in [2.45, 2.75) is 26.2 Å². The molecule has 0 radical (unpaired) electrons. The Kier molecular flexibility index (Phi) is 4.78. The molecule has 19 heavy (non-hydrogen) atoms. The van der Waals surface area contributed by atoms with Gasteiger partial charge in [0.05, 0.1) is 0 Å². The fourth-order valence-corrected chi connectivity index (χ4v) is 2.62. The quantitative estimate of drug-likeness (QED) is 0.891. The lowest BCUT2D eigenvalue weighted by molar-refractivity contribution is 0.691. The zero-order chi connectivity index (χ0) is 13.8. The second kappa shape index (κ2) is 6.36. The van der Waals surface area contributed by atoms with Crippen molar-refractivity contribution >= 4 is 15.9 Å². The summed E-state index contributed by atoms with van der Waals surface area (Å²) in [5.41, 5.74) is 11.3. The third-order valence-corrected chi connectivity index (χ3v) is 4.13. The van der Waals surface area contributed by atoms with Gasteiger partial charge in [-0.15, -0.1) is 0 Å². The summed E-state index contributed by atoms with van der Waals surface area (Å²) in [4.78, 5) is 0. The van der Waals surface area contributed by atoms with Crippen molar-refractivity contribution in [3.8, 4) is 0 Å². The van der Waals surface area contributed by atoms with Gasteiger partial charge in [0, 0.05) is 10.4 Å². The molecule has 0 bridgehead atoms. The van der Waals surface area contributed by atoms with Gasteiger partial charge in [-0.2, -0.15) is 0 Å². The number of hydrogen-bond donors (Lipinski definition) is 1. The highest BCUT2D eigenvalue weighted by Gasteiger charge is 2.12. The minimum absolute atomic E-state index is 0.383. The van der Waals surface area contributed by atoms with E-state index >= 15 is 0 Å². The standard InChI is InChI=1S/C17H20BrN/c1-12-3-4-13(2)15(9-12)10-16(11-19)14-5-7-17(18)8-6-14/h3-9,16H,10-11,19H2,1-2H3. The van der Waals surface area contributed by atoms with Crippen LogP contribution in [-0.4, -0.2) is 6.54 Å². The molecule has 0 fully saturated rings. The van der Waals surface area contributed by atoms with Crippen molar-refractivity contribution in [2.24, 2.45) is 5.73 Å². The largest absolute Gasteiger partial charge is 0.330 e. The molecule has 0 spiro atoms. The fraction of sp³-hybridized carbons (Fsp3) is 0.294. The highest BCUT2D eigenvalue weighted by atomic mass is 79.9. The first kappa shape index (κ1) is 14.3. The third kappa shape index (κ3) is 3.68. The van der Waals surface area contributed by atoms with E-state index in [0.29, 0.717) is 12.5 Å². The van der Waals surface area contributed by atoms with E-state index in [9.17, 15) is 0 Å². The van der Waals surface area contributed by atoms with Crippen molar-refractivity contribution in [1.82, 2.24) is 0 Å². The van der Waals surface area contributed by atoms with Gasteiger partial charge < -0.3 is 5.73 Å². The molecular weight excluding hydrogens is 298 g/mol. The summed E-state index contributed by atoms with van der Waals surface area (Å²) < 4.78 is 1.11. The summed E-state index contributed by atoms with van der Waals surface area (Å²) in [6.45, 7) is 4.99. The molecule has 100 valence electrons. The van der Waals surface area contributed by atoms with Gasteiger partial charge >= 0.3 is 0 Å². The van der Waals surface area contributed by atoms with Crippen LogP contribution in [0.3, 0.4) is 0 Å². The molecule has 0 aliphatic carbocycles. The average Bonchev–Trinajstić information content (AvgIpc) is 2.41. The van der Waals surface area contributed by atoms with E-state index < -0.39 is 0 Å². The SMILES string of the molecule is Cc1ccc(C)c(CC(CN)c2ccc(Br)cc2)c1. The van der Waals surface area contributed by atoms with Gasteiger partial charge in [-0.3, -0.25) is 0 Å². The van der Waals surface area contributed by atoms with Crippen LogP contribution in [0.4, 0.5) is 0 Å². The smallest absolute Gasteiger partial charge is 0.0175 e. The minimum atomic E-state index is 0.383. The zero-order valence-corrected chi connectivity index (χ0v) is 13.1. The molecule has 0 heterocycles. The Morgan fingerprint density at radius 1 is 1.05 bits per heavy atom. The number of nitrogens with two attached hydrogens (primary N) is 1. The van der Waals surface area contributed by atoms with E-state index in [4.69, 9.17) is 5.73 Å². The summed E-state index contributed by atoms with van der Waals surface area (Å²) in [6.07, 6.45) is 1.01. The van der Waals surface area contributed by atoms with Crippen molar-refractivity contribution in [3.63, 3.8) is 0 Å². The predicted octanol–water partition coefficient (Wildman–Crippen LogP) is 4.35. The van der Waals surface area contributed by atoms with Gasteiger partial charge in [-0.05, 0) is 55.6 Å². The van der Waals surface area contributed by atoms with Gasteiger partial charge in [0.25, 0.3) is 0 Å². The van der Waals surface area contributed by atoms with Crippen LogP contribution in [0.15, 0.2) is 46.9 Å². The van der Waals surface area contributed by atoms with Gasteiger partial charge in [-0.1, -0.05) is 51.8 Å². The van der Waals surface area contributed by atoms with Gasteiger partial charge in [0.2, 0.25) is 0 Å². The Morgan fingerprint density at radius 3 is 2.37 bits per heavy atom. The first-order chi connectivity index (χ1) is 9.10. The normalized spacial score (nSPS) is 12.4. The Balaban J connectivity index is 2.23. The number of benzene rings is 2. The molecule has 0 aliphatic heterocycles. The topological polar surface area (TPSA) is 26.0 Å². The lowest BCUT2D eigenvalue weighted by Gasteiger charge is -2.17. The first-order valence-electron chi connectivity index (χ1n) is 6.62. The van der Waals surface area contributed by atoms with Gasteiger partial charge in [-0.25, -0.2) is 0 Å². The zero-order valence-electron chi connectivity index (χ0n) is 11.5. The molecule has 0 aromatic heterocycles. The van der Waals surface area contributed by atoms with Crippen LogP contribution in [0.5, 0.6) is 0 Å². The Morgan fingerprint density at radius 2 is 1.74 bits per heavy atom. The Hall–Kier alpha value is -1.12. The molecule has 0 aliphatic rings. The monoisotopic (exact) mass is 317 g/mol. The Labute approximate surface area is 124 Å². The second-order valence-corrected chi connectivity index (χ2v) is 6.03. The highest BCUT2D eigenvalue weighted by Crippen LogP contribution is 2.24. The molecular formula is C17H20BrN. The van der Waals surface area contributed by atoms with Crippen LogP contribution in [0, 0.1) is 13.8 Å². The van der Waals surface area contributed by atoms with Crippen molar-refractivity contribution in [1.29, 1.82) is 0 Å². The van der Waals surface area contributed by atoms with E-state index in [2.05, 4.69) is 72.2 Å². The third-order valence-electron chi connectivity index (χ3n) is 3.60. The van der Waals surface area contributed by atoms with Crippen LogP contribution in [0.1, 0.15) is 28.2 Å². The highest BCUT2D eigenvalue weighted by molar-refractivity contribution is 9.10. The van der Waals surface area contributed by atoms with E-state index in [0.717, 1.165) is 10.9 Å². The van der Waals surface area contributed by atoms with Crippen molar-refractivity contribution in [2.75, 3.05) is 6.54 Å². The van der Waals surface area contributed by atoms with Crippen molar-refractivity contribution < 1.29 is 0 Å². The first-order valence-corrected chi connectivity index (χ1v) is 7.41.